The number of hydrogen-bond donors (Lipinski definition) is 0. The molecule has 4 unspecified atom stereocenters. The third-order valence-electron chi connectivity index (χ3n) is 4.42. The fourth-order valence-corrected chi connectivity index (χ4v) is 3.77. The van der Waals surface area contributed by atoms with Crippen LogP contribution in [0.4, 0.5) is 0 Å². The third-order valence-corrected chi connectivity index (χ3v) is 4.42. The molecular weight excluding hydrogens is 192 g/mol. The lowest BCUT2D eigenvalue weighted by atomic mass is 9.79. The Morgan fingerprint density at radius 2 is 2.40 bits per heavy atom. The molecule has 3 nitrogen and oxygen atoms in total. The standard InChI is InChI=1S/C12H16O3/c1-2-11(13)15-12-4-3-8(5-12)9-6-14-7-10(9)12/h2,8-10H,1,3-7H2. The van der Waals surface area contributed by atoms with E-state index in [9.17, 15) is 4.79 Å². The number of hydrogen-bond acceptors (Lipinski definition) is 3. The first-order chi connectivity index (χ1) is 7.25. The fourth-order valence-electron chi connectivity index (χ4n) is 3.77. The Morgan fingerprint density at radius 3 is 3.20 bits per heavy atom. The highest BCUT2D eigenvalue weighted by Gasteiger charge is 2.61. The summed E-state index contributed by atoms with van der Waals surface area (Å²) in [4.78, 5) is 11.4. The van der Waals surface area contributed by atoms with Gasteiger partial charge in [0.05, 0.1) is 13.2 Å². The van der Waals surface area contributed by atoms with E-state index < -0.39 is 0 Å². The van der Waals surface area contributed by atoms with Crippen LogP contribution in [0.2, 0.25) is 0 Å². The molecule has 0 aromatic rings. The number of rotatable bonds is 2. The molecule has 0 aromatic carbocycles. The number of fused-ring (bicyclic) bond motifs is 5. The summed E-state index contributed by atoms with van der Waals surface area (Å²) in [6, 6.07) is 0. The van der Waals surface area contributed by atoms with Gasteiger partial charge >= 0.3 is 5.97 Å². The summed E-state index contributed by atoms with van der Waals surface area (Å²) >= 11 is 0. The normalized spacial score (nSPS) is 46.5. The van der Waals surface area contributed by atoms with Crippen molar-refractivity contribution in [2.45, 2.75) is 24.9 Å². The largest absolute Gasteiger partial charge is 0.456 e. The van der Waals surface area contributed by atoms with Crippen LogP contribution < -0.4 is 0 Å². The molecule has 0 N–H and O–H groups in total. The minimum absolute atomic E-state index is 0.211. The summed E-state index contributed by atoms with van der Waals surface area (Å²) in [6.45, 7) is 5.09. The predicted molar refractivity (Wildman–Crippen MR) is 54.2 cm³/mol. The highest BCUT2D eigenvalue weighted by Crippen LogP contribution is 2.58. The minimum atomic E-state index is -0.275. The van der Waals surface area contributed by atoms with Gasteiger partial charge in [0.1, 0.15) is 5.60 Å². The number of ether oxygens (including phenoxy) is 2. The van der Waals surface area contributed by atoms with Gasteiger partial charge in [-0.3, -0.25) is 0 Å². The molecule has 0 spiro atoms. The Balaban J connectivity index is 1.84. The van der Waals surface area contributed by atoms with Crippen molar-refractivity contribution in [2.24, 2.45) is 17.8 Å². The van der Waals surface area contributed by atoms with Gasteiger partial charge < -0.3 is 9.47 Å². The molecule has 1 saturated heterocycles. The van der Waals surface area contributed by atoms with Crippen LogP contribution in [0.5, 0.6) is 0 Å². The molecule has 2 saturated carbocycles. The van der Waals surface area contributed by atoms with Gasteiger partial charge in [-0.05, 0) is 31.1 Å². The zero-order valence-corrected chi connectivity index (χ0v) is 8.78. The smallest absolute Gasteiger partial charge is 0.330 e. The molecule has 3 rings (SSSR count). The van der Waals surface area contributed by atoms with Gasteiger partial charge in [0, 0.05) is 12.0 Å². The van der Waals surface area contributed by atoms with Crippen molar-refractivity contribution in [2.75, 3.05) is 13.2 Å². The van der Waals surface area contributed by atoms with Crippen LogP contribution in [0.1, 0.15) is 19.3 Å². The zero-order chi connectivity index (χ0) is 10.5. The SMILES string of the molecule is C=CC(=O)OC12CCC(C1)C1COCC12. The molecule has 0 amide bonds. The maximum absolute atomic E-state index is 11.4. The number of carbonyl (C=O) groups is 1. The molecule has 15 heavy (non-hydrogen) atoms. The number of carbonyl (C=O) groups excluding carboxylic acids is 1. The summed E-state index contributed by atoms with van der Waals surface area (Å²) in [7, 11) is 0. The molecule has 2 bridgehead atoms. The number of esters is 1. The van der Waals surface area contributed by atoms with Gasteiger partial charge in [0.2, 0.25) is 0 Å². The Kier molecular flexibility index (Phi) is 1.93. The molecular formula is C12H16O3. The van der Waals surface area contributed by atoms with Gasteiger partial charge in [0.15, 0.2) is 0 Å². The predicted octanol–water partition coefficient (Wildman–Crippen LogP) is 1.53. The van der Waals surface area contributed by atoms with Crippen LogP contribution in [0.15, 0.2) is 12.7 Å². The van der Waals surface area contributed by atoms with E-state index in [-0.39, 0.29) is 11.6 Å². The lowest BCUT2D eigenvalue weighted by Crippen LogP contribution is -2.40. The van der Waals surface area contributed by atoms with Crippen LogP contribution in [0.25, 0.3) is 0 Å². The second-order valence-electron chi connectivity index (χ2n) is 5.00. The molecule has 3 fully saturated rings. The monoisotopic (exact) mass is 208 g/mol. The molecule has 0 radical (unpaired) electrons. The van der Waals surface area contributed by atoms with E-state index in [0.29, 0.717) is 11.8 Å². The minimum Gasteiger partial charge on any atom is -0.456 e. The summed E-state index contributed by atoms with van der Waals surface area (Å²) in [6.07, 6.45) is 4.52. The first-order valence-electron chi connectivity index (χ1n) is 5.68. The van der Waals surface area contributed by atoms with Crippen LogP contribution in [-0.2, 0) is 14.3 Å². The summed E-state index contributed by atoms with van der Waals surface area (Å²) in [5.41, 5.74) is -0.211. The zero-order valence-electron chi connectivity index (χ0n) is 8.78. The quantitative estimate of drug-likeness (QED) is 0.510. The Labute approximate surface area is 89.4 Å². The first kappa shape index (κ1) is 9.40. The fraction of sp³-hybridized carbons (Fsp3) is 0.750. The van der Waals surface area contributed by atoms with Gasteiger partial charge in [-0.15, -0.1) is 0 Å². The highest BCUT2D eigenvalue weighted by atomic mass is 16.6. The molecule has 4 atom stereocenters. The third kappa shape index (κ3) is 1.19. The van der Waals surface area contributed by atoms with Crippen LogP contribution in [0.3, 0.4) is 0 Å². The van der Waals surface area contributed by atoms with Gasteiger partial charge in [-0.2, -0.15) is 0 Å². The van der Waals surface area contributed by atoms with E-state index in [1.165, 1.54) is 12.5 Å². The molecule has 0 aromatic heterocycles. The average molecular weight is 208 g/mol. The Hall–Kier alpha value is -0.830. The topological polar surface area (TPSA) is 35.5 Å². The molecule has 2 aliphatic carbocycles. The van der Waals surface area contributed by atoms with E-state index in [1.54, 1.807) is 0 Å². The van der Waals surface area contributed by atoms with E-state index in [0.717, 1.165) is 32.0 Å². The van der Waals surface area contributed by atoms with Gasteiger partial charge in [0.25, 0.3) is 0 Å². The summed E-state index contributed by atoms with van der Waals surface area (Å²) < 4.78 is 11.1. The maximum atomic E-state index is 11.4. The van der Waals surface area contributed by atoms with Crippen molar-refractivity contribution in [3.8, 4) is 0 Å². The van der Waals surface area contributed by atoms with E-state index in [1.807, 2.05) is 0 Å². The lowest BCUT2D eigenvalue weighted by molar-refractivity contribution is -0.158. The van der Waals surface area contributed by atoms with E-state index in [4.69, 9.17) is 9.47 Å². The molecule has 1 heterocycles. The van der Waals surface area contributed by atoms with Crippen molar-refractivity contribution in [1.29, 1.82) is 0 Å². The van der Waals surface area contributed by atoms with Gasteiger partial charge in [-0.1, -0.05) is 6.58 Å². The van der Waals surface area contributed by atoms with Crippen molar-refractivity contribution >= 4 is 5.97 Å². The highest BCUT2D eigenvalue weighted by molar-refractivity contribution is 5.81. The van der Waals surface area contributed by atoms with E-state index >= 15 is 0 Å². The van der Waals surface area contributed by atoms with Crippen molar-refractivity contribution in [3.63, 3.8) is 0 Å². The van der Waals surface area contributed by atoms with Crippen molar-refractivity contribution in [1.82, 2.24) is 0 Å². The molecule has 3 aliphatic rings. The maximum Gasteiger partial charge on any atom is 0.330 e. The summed E-state index contributed by atoms with van der Waals surface area (Å²) in [5, 5.41) is 0. The molecule has 1 aliphatic heterocycles. The van der Waals surface area contributed by atoms with Gasteiger partial charge in [-0.25, -0.2) is 4.79 Å². The second kappa shape index (κ2) is 3.08. The van der Waals surface area contributed by atoms with E-state index in [2.05, 4.69) is 6.58 Å². The Bertz CT molecular complexity index is 312. The molecule has 3 heteroatoms. The second-order valence-corrected chi connectivity index (χ2v) is 5.00. The van der Waals surface area contributed by atoms with Crippen molar-refractivity contribution < 1.29 is 14.3 Å². The first-order valence-corrected chi connectivity index (χ1v) is 5.68. The molecule has 82 valence electrons. The van der Waals surface area contributed by atoms with Crippen LogP contribution in [0, 0.1) is 17.8 Å². The van der Waals surface area contributed by atoms with Crippen molar-refractivity contribution in [3.05, 3.63) is 12.7 Å². The van der Waals surface area contributed by atoms with Crippen LogP contribution in [-0.4, -0.2) is 24.8 Å². The Morgan fingerprint density at radius 1 is 1.53 bits per heavy atom. The van der Waals surface area contributed by atoms with Crippen LogP contribution >= 0.6 is 0 Å². The summed E-state index contributed by atoms with van der Waals surface area (Å²) in [5.74, 6) is 1.52. The lowest BCUT2D eigenvalue weighted by Gasteiger charge is -2.33. The average Bonchev–Trinajstić information content (AvgIpc) is 2.87.